The number of urea groups is 1. The summed E-state index contributed by atoms with van der Waals surface area (Å²) in [5.74, 6) is -0.152. The van der Waals surface area contributed by atoms with Gasteiger partial charge in [0, 0.05) is 25.9 Å². The predicted octanol–water partition coefficient (Wildman–Crippen LogP) is 0.969. The molecule has 0 saturated carbocycles. The maximum Gasteiger partial charge on any atom is 0.324 e. The lowest BCUT2D eigenvalue weighted by atomic mass is 10.4. The van der Waals surface area contributed by atoms with E-state index in [1.54, 1.807) is 13.1 Å². The molecule has 0 rings (SSSR count). The van der Waals surface area contributed by atoms with Gasteiger partial charge in [0.25, 0.3) is 0 Å². The smallest absolute Gasteiger partial charge is 0.324 e. The summed E-state index contributed by atoms with van der Waals surface area (Å²) in [6.07, 6.45) is 1.72. The van der Waals surface area contributed by atoms with Crippen molar-refractivity contribution in [2.45, 2.75) is 6.42 Å². The van der Waals surface area contributed by atoms with Crippen LogP contribution in [-0.4, -0.2) is 36.3 Å². The molecule has 0 aromatic carbocycles. The highest BCUT2D eigenvalue weighted by Crippen LogP contribution is 1.88. The van der Waals surface area contributed by atoms with Crippen molar-refractivity contribution >= 4 is 23.5 Å². The number of carbonyl (C=O) groups is 2. The average Bonchev–Trinajstić information content (AvgIpc) is 2.05. The van der Waals surface area contributed by atoms with E-state index in [0.29, 0.717) is 6.54 Å². The number of hydrogen-bond donors (Lipinski definition) is 1. The third-order valence-electron chi connectivity index (χ3n) is 1.32. The van der Waals surface area contributed by atoms with Gasteiger partial charge in [0.1, 0.15) is 0 Å². The summed E-state index contributed by atoms with van der Waals surface area (Å²) in [6, 6.07) is -0.435. The van der Waals surface area contributed by atoms with E-state index in [4.69, 9.17) is 11.6 Å². The highest BCUT2D eigenvalue weighted by molar-refractivity contribution is 6.19. The minimum absolute atomic E-state index is 0.148. The zero-order chi connectivity index (χ0) is 10.3. The molecule has 3 amide bonds. The van der Waals surface area contributed by atoms with Crippen LogP contribution in [0.25, 0.3) is 0 Å². The summed E-state index contributed by atoms with van der Waals surface area (Å²) in [4.78, 5) is 23.4. The van der Waals surface area contributed by atoms with Gasteiger partial charge in [-0.3, -0.25) is 10.1 Å². The second-order valence-electron chi connectivity index (χ2n) is 2.46. The first-order chi connectivity index (χ1) is 6.11. The molecule has 0 aromatic heterocycles. The van der Waals surface area contributed by atoms with Crippen LogP contribution < -0.4 is 5.32 Å². The Kier molecular flexibility index (Phi) is 5.97. The Morgan fingerprint density at radius 3 is 2.69 bits per heavy atom. The van der Waals surface area contributed by atoms with Crippen molar-refractivity contribution in [1.29, 1.82) is 0 Å². The third-order valence-corrected chi connectivity index (χ3v) is 1.51. The summed E-state index contributed by atoms with van der Waals surface area (Å²) in [5, 5.41) is 2.18. The molecule has 0 saturated heterocycles. The lowest BCUT2D eigenvalue weighted by Crippen LogP contribution is -2.40. The molecule has 0 unspecified atom stereocenters. The van der Waals surface area contributed by atoms with Crippen LogP contribution in [0, 0.1) is 0 Å². The first-order valence-electron chi connectivity index (χ1n) is 3.83. The molecule has 1 N–H and O–H groups in total. The molecular formula is C8H13ClN2O2. The van der Waals surface area contributed by atoms with Crippen LogP contribution in [0.3, 0.4) is 0 Å². The maximum atomic E-state index is 11.1. The molecule has 0 aliphatic rings. The fraction of sp³-hybridized carbons (Fsp3) is 0.500. The first-order valence-corrected chi connectivity index (χ1v) is 4.37. The third kappa shape index (κ3) is 5.25. The molecule has 13 heavy (non-hydrogen) atoms. The summed E-state index contributed by atoms with van der Waals surface area (Å²) >= 11 is 5.32. The van der Waals surface area contributed by atoms with Gasteiger partial charge in [-0.1, -0.05) is 6.08 Å². The number of nitrogens with zero attached hydrogens (tertiary/aromatic N) is 1. The zero-order valence-corrected chi connectivity index (χ0v) is 8.30. The van der Waals surface area contributed by atoms with Gasteiger partial charge in [0.2, 0.25) is 5.91 Å². The zero-order valence-electron chi connectivity index (χ0n) is 7.55. The largest absolute Gasteiger partial charge is 0.324 e. The van der Waals surface area contributed by atoms with E-state index in [-0.39, 0.29) is 18.2 Å². The summed E-state index contributed by atoms with van der Waals surface area (Å²) in [7, 11) is 1.57. The summed E-state index contributed by atoms with van der Waals surface area (Å²) < 4.78 is 0. The Morgan fingerprint density at radius 2 is 2.23 bits per heavy atom. The van der Waals surface area contributed by atoms with Crippen molar-refractivity contribution in [2.24, 2.45) is 0 Å². The fourth-order valence-corrected chi connectivity index (χ4v) is 0.811. The Labute approximate surface area is 82.5 Å². The van der Waals surface area contributed by atoms with Crippen LogP contribution in [0.2, 0.25) is 0 Å². The Balaban J connectivity index is 3.84. The highest BCUT2D eigenvalue weighted by Gasteiger charge is 2.09. The molecule has 0 aliphatic heterocycles. The number of nitrogens with one attached hydrogen (secondary N) is 1. The Morgan fingerprint density at radius 1 is 1.62 bits per heavy atom. The number of hydrogen-bond acceptors (Lipinski definition) is 2. The van der Waals surface area contributed by atoms with E-state index in [2.05, 4.69) is 11.9 Å². The molecule has 0 atom stereocenters. The monoisotopic (exact) mass is 204 g/mol. The van der Waals surface area contributed by atoms with Gasteiger partial charge >= 0.3 is 6.03 Å². The molecule has 5 heteroatoms. The highest BCUT2D eigenvalue weighted by atomic mass is 35.5. The van der Waals surface area contributed by atoms with Crippen molar-refractivity contribution in [3.8, 4) is 0 Å². The number of likely N-dealkylation sites (N-methyl/N-ethyl adjacent to an activating group) is 1. The number of carbonyl (C=O) groups excluding carboxylic acids is 2. The van der Waals surface area contributed by atoms with Gasteiger partial charge < -0.3 is 4.90 Å². The van der Waals surface area contributed by atoms with Crippen LogP contribution in [0.1, 0.15) is 6.42 Å². The molecule has 4 nitrogen and oxygen atoms in total. The molecule has 0 fully saturated rings. The molecule has 0 spiro atoms. The molecule has 0 radical (unpaired) electrons. The van der Waals surface area contributed by atoms with Crippen molar-refractivity contribution in [1.82, 2.24) is 10.2 Å². The SMILES string of the molecule is C=CCN(C)C(=O)NC(=O)CCCl. The average molecular weight is 205 g/mol. The number of imide groups is 1. The minimum atomic E-state index is -0.435. The number of alkyl halides is 1. The van der Waals surface area contributed by atoms with Gasteiger partial charge in [0.05, 0.1) is 0 Å². The topological polar surface area (TPSA) is 49.4 Å². The van der Waals surface area contributed by atoms with Crippen molar-refractivity contribution in [3.05, 3.63) is 12.7 Å². The minimum Gasteiger partial charge on any atom is -0.324 e. The summed E-state index contributed by atoms with van der Waals surface area (Å²) in [6.45, 7) is 3.87. The standard InChI is InChI=1S/C8H13ClN2O2/c1-3-6-11(2)8(13)10-7(12)4-5-9/h3H,1,4-6H2,2H3,(H,10,12,13). The van der Waals surface area contributed by atoms with Gasteiger partial charge in [-0.05, 0) is 0 Å². The first kappa shape index (κ1) is 12.0. The quantitative estimate of drug-likeness (QED) is 0.548. The van der Waals surface area contributed by atoms with Gasteiger partial charge in [-0.25, -0.2) is 4.79 Å². The molecule has 0 heterocycles. The van der Waals surface area contributed by atoms with Gasteiger partial charge in [-0.2, -0.15) is 0 Å². The Hall–Kier alpha value is -1.03. The number of rotatable bonds is 4. The van der Waals surface area contributed by atoms with E-state index in [1.165, 1.54) is 4.90 Å². The van der Waals surface area contributed by atoms with E-state index >= 15 is 0 Å². The Bertz CT molecular complexity index is 206. The van der Waals surface area contributed by atoms with E-state index in [0.717, 1.165) is 0 Å². The lowest BCUT2D eigenvalue weighted by molar-refractivity contribution is -0.119. The van der Waals surface area contributed by atoms with Gasteiger partial charge in [0.15, 0.2) is 0 Å². The predicted molar refractivity (Wildman–Crippen MR) is 51.7 cm³/mol. The maximum absolute atomic E-state index is 11.1. The lowest BCUT2D eigenvalue weighted by Gasteiger charge is -2.14. The summed E-state index contributed by atoms with van der Waals surface area (Å²) in [5.41, 5.74) is 0. The molecule has 0 aliphatic carbocycles. The molecule has 74 valence electrons. The van der Waals surface area contributed by atoms with Crippen molar-refractivity contribution in [3.63, 3.8) is 0 Å². The normalized spacial score (nSPS) is 9.08. The van der Waals surface area contributed by atoms with Crippen LogP contribution in [0.4, 0.5) is 4.79 Å². The second kappa shape index (κ2) is 6.48. The number of amides is 3. The molecule has 0 aromatic rings. The van der Waals surface area contributed by atoms with E-state index < -0.39 is 6.03 Å². The van der Waals surface area contributed by atoms with Gasteiger partial charge in [-0.15, -0.1) is 18.2 Å². The van der Waals surface area contributed by atoms with Crippen molar-refractivity contribution in [2.75, 3.05) is 19.5 Å². The van der Waals surface area contributed by atoms with Crippen LogP contribution in [0.15, 0.2) is 12.7 Å². The molecular weight excluding hydrogens is 192 g/mol. The molecule has 0 bridgehead atoms. The van der Waals surface area contributed by atoms with Crippen LogP contribution in [0.5, 0.6) is 0 Å². The van der Waals surface area contributed by atoms with E-state index in [1.807, 2.05) is 0 Å². The fourth-order valence-electron chi connectivity index (χ4n) is 0.640. The van der Waals surface area contributed by atoms with Crippen molar-refractivity contribution < 1.29 is 9.59 Å². The number of halogens is 1. The second-order valence-corrected chi connectivity index (χ2v) is 2.84. The van der Waals surface area contributed by atoms with Crippen LogP contribution in [-0.2, 0) is 4.79 Å². The van der Waals surface area contributed by atoms with E-state index in [9.17, 15) is 9.59 Å². The van der Waals surface area contributed by atoms with Crippen LogP contribution >= 0.6 is 11.6 Å².